The van der Waals surface area contributed by atoms with Crippen LogP contribution in [0.1, 0.15) is 27.7 Å². The van der Waals surface area contributed by atoms with Gasteiger partial charge in [0.1, 0.15) is 6.29 Å². The fourth-order valence-electron chi connectivity index (χ4n) is 1.63. The van der Waals surface area contributed by atoms with Gasteiger partial charge in [-0.3, -0.25) is 9.46 Å². The molecule has 1 saturated heterocycles. The third kappa shape index (κ3) is 7.42. The van der Waals surface area contributed by atoms with Crippen molar-refractivity contribution in [1.29, 1.82) is 0 Å². The Morgan fingerprint density at radius 1 is 1.05 bits per heavy atom. The first-order valence-electron chi connectivity index (χ1n) is 7.09. The normalized spacial score (nSPS) is 18.4. The van der Waals surface area contributed by atoms with E-state index in [0.717, 1.165) is 13.1 Å². The maximum absolute atomic E-state index is 12.8. The largest absolute Gasteiger partial charge is 0.379 e. The fraction of sp³-hybridized carbons (Fsp3) is 1.00. The first kappa shape index (κ1) is 17.1. The SMILES string of the molecule is CC(C)COP(=O)(CN1CCOCC1)OCC(C)C. The van der Waals surface area contributed by atoms with Crippen molar-refractivity contribution < 1.29 is 18.3 Å². The molecule has 0 N–H and O–H groups in total. The van der Waals surface area contributed by atoms with Crippen molar-refractivity contribution in [3.05, 3.63) is 0 Å². The predicted octanol–water partition coefficient (Wildman–Crippen LogP) is 2.81. The summed E-state index contributed by atoms with van der Waals surface area (Å²) in [6, 6.07) is 0. The minimum absolute atomic E-state index is 0.348. The van der Waals surface area contributed by atoms with Gasteiger partial charge in [0.05, 0.1) is 26.4 Å². The monoisotopic (exact) mass is 293 g/mol. The van der Waals surface area contributed by atoms with E-state index in [2.05, 4.69) is 4.90 Å². The van der Waals surface area contributed by atoms with E-state index in [1.807, 2.05) is 27.7 Å². The number of hydrogen-bond donors (Lipinski definition) is 0. The van der Waals surface area contributed by atoms with Gasteiger partial charge in [-0.05, 0) is 11.8 Å². The Morgan fingerprint density at radius 2 is 1.53 bits per heavy atom. The molecular weight excluding hydrogens is 265 g/mol. The fourth-order valence-corrected chi connectivity index (χ4v) is 3.69. The third-order valence-electron chi connectivity index (χ3n) is 2.69. The molecule has 0 radical (unpaired) electrons. The highest BCUT2D eigenvalue weighted by molar-refractivity contribution is 7.53. The molecule has 0 saturated carbocycles. The van der Waals surface area contributed by atoms with Gasteiger partial charge in [0.15, 0.2) is 0 Å². The van der Waals surface area contributed by atoms with Crippen molar-refractivity contribution in [2.45, 2.75) is 27.7 Å². The number of morpholine rings is 1. The Hall–Kier alpha value is 0.0700. The van der Waals surface area contributed by atoms with Crippen LogP contribution in [0.4, 0.5) is 0 Å². The number of nitrogens with zero attached hydrogens (tertiary/aromatic N) is 1. The van der Waals surface area contributed by atoms with Gasteiger partial charge in [0, 0.05) is 13.1 Å². The molecule has 0 aromatic rings. The first-order chi connectivity index (χ1) is 8.91. The van der Waals surface area contributed by atoms with Crippen LogP contribution < -0.4 is 0 Å². The zero-order chi connectivity index (χ0) is 14.3. The number of ether oxygens (including phenoxy) is 1. The van der Waals surface area contributed by atoms with Crippen molar-refractivity contribution in [2.24, 2.45) is 11.8 Å². The Bertz CT molecular complexity index is 274. The zero-order valence-electron chi connectivity index (χ0n) is 12.6. The standard InChI is InChI=1S/C13H28NO4P/c1-12(2)9-17-19(15,18-10-13(3)4)11-14-5-7-16-8-6-14/h12-13H,5-11H2,1-4H3. The van der Waals surface area contributed by atoms with E-state index >= 15 is 0 Å². The molecule has 0 aromatic carbocycles. The van der Waals surface area contributed by atoms with Crippen LogP contribution in [0.15, 0.2) is 0 Å². The molecule has 0 aliphatic carbocycles. The highest BCUT2D eigenvalue weighted by Crippen LogP contribution is 2.49. The predicted molar refractivity (Wildman–Crippen MR) is 76.4 cm³/mol. The van der Waals surface area contributed by atoms with E-state index in [-0.39, 0.29) is 0 Å². The highest BCUT2D eigenvalue weighted by Gasteiger charge is 2.29. The van der Waals surface area contributed by atoms with Gasteiger partial charge in [-0.2, -0.15) is 0 Å². The Kier molecular flexibility index (Phi) is 7.55. The van der Waals surface area contributed by atoms with E-state index in [1.54, 1.807) is 0 Å². The van der Waals surface area contributed by atoms with Crippen molar-refractivity contribution >= 4 is 7.60 Å². The Labute approximate surface area is 117 Å². The molecule has 1 aliphatic heterocycles. The van der Waals surface area contributed by atoms with Crippen LogP contribution in [0.2, 0.25) is 0 Å². The summed E-state index contributed by atoms with van der Waals surface area (Å²) < 4.78 is 29.3. The summed E-state index contributed by atoms with van der Waals surface area (Å²) in [6.45, 7) is 12.1. The minimum Gasteiger partial charge on any atom is -0.379 e. The average Bonchev–Trinajstić information content (AvgIpc) is 2.36. The molecule has 1 aliphatic rings. The lowest BCUT2D eigenvalue weighted by Gasteiger charge is -2.30. The first-order valence-corrected chi connectivity index (χ1v) is 8.82. The van der Waals surface area contributed by atoms with Crippen LogP contribution in [0.25, 0.3) is 0 Å². The van der Waals surface area contributed by atoms with Crippen LogP contribution >= 0.6 is 7.60 Å². The second-order valence-corrected chi connectivity index (χ2v) is 7.88. The molecule has 19 heavy (non-hydrogen) atoms. The molecule has 0 bridgehead atoms. The second kappa shape index (κ2) is 8.38. The van der Waals surface area contributed by atoms with Crippen molar-refractivity contribution in [3.8, 4) is 0 Å². The number of rotatable bonds is 8. The van der Waals surface area contributed by atoms with E-state index in [1.165, 1.54) is 0 Å². The van der Waals surface area contributed by atoms with Crippen LogP contribution in [0.5, 0.6) is 0 Å². The molecule has 1 rings (SSSR count). The lowest BCUT2D eigenvalue weighted by atomic mass is 10.2. The molecule has 0 amide bonds. The summed E-state index contributed by atoms with van der Waals surface area (Å²) in [7, 11) is -3.03. The summed E-state index contributed by atoms with van der Waals surface area (Å²) in [5.41, 5.74) is 0. The highest BCUT2D eigenvalue weighted by atomic mass is 31.2. The number of hydrogen-bond acceptors (Lipinski definition) is 5. The van der Waals surface area contributed by atoms with Crippen molar-refractivity contribution in [2.75, 3.05) is 45.8 Å². The van der Waals surface area contributed by atoms with E-state index in [0.29, 0.717) is 44.5 Å². The van der Waals surface area contributed by atoms with Gasteiger partial charge in [-0.1, -0.05) is 27.7 Å². The van der Waals surface area contributed by atoms with E-state index in [9.17, 15) is 4.57 Å². The topological polar surface area (TPSA) is 48.0 Å². The molecule has 1 fully saturated rings. The van der Waals surface area contributed by atoms with Gasteiger partial charge < -0.3 is 13.8 Å². The van der Waals surface area contributed by atoms with Crippen molar-refractivity contribution in [1.82, 2.24) is 4.90 Å². The maximum atomic E-state index is 12.8. The van der Waals surface area contributed by atoms with Crippen molar-refractivity contribution in [3.63, 3.8) is 0 Å². The van der Waals surface area contributed by atoms with Gasteiger partial charge in [-0.25, -0.2) is 0 Å². The molecular formula is C13H28NO4P. The quantitative estimate of drug-likeness (QED) is 0.644. The molecule has 5 nitrogen and oxygen atoms in total. The molecule has 1 heterocycles. The molecule has 0 atom stereocenters. The second-order valence-electron chi connectivity index (χ2n) is 5.86. The van der Waals surface area contributed by atoms with E-state index in [4.69, 9.17) is 13.8 Å². The smallest absolute Gasteiger partial charge is 0.344 e. The van der Waals surface area contributed by atoms with Gasteiger partial charge >= 0.3 is 7.60 Å². The summed E-state index contributed by atoms with van der Waals surface area (Å²) in [5, 5.41) is 0. The zero-order valence-corrected chi connectivity index (χ0v) is 13.5. The maximum Gasteiger partial charge on any atom is 0.344 e. The lowest BCUT2D eigenvalue weighted by molar-refractivity contribution is 0.0411. The molecule has 6 heteroatoms. The molecule has 0 aromatic heterocycles. The summed E-state index contributed by atoms with van der Waals surface area (Å²) in [6.07, 6.45) is 0.371. The third-order valence-corrected chi connectivity index (χ3v) is 4.52. The van der Waals surface area contributed by atoms with E-state index < -0.39 is 7.60 Å². The lowest BCUT2D eigenvalue weighted by Crippen LogP contribution is -2.37. The molecule has 0 unspecified atom stereocenters. The molecule has 114 valence electrons. The van der Waals surface area contributed by atoms with Gasteiger partial charge in [-0.15, -0.1) is 0 Å². The van der Waals surface area contributed by atoms with Crippen LogP contribution in [0, 0.1) is 11.8 Å². The average molecular weight is 293 g/mol. The minimum atomic E-state index is -3.03. The van der Waals surface area contributed by atoms with Crippen LogP contribution in [-0.4, -0.2) is 50.7 Å². The molecule has 0 spiro atoms. The summed E-state index contributed by atoms with van der Waals surface area (Å²) >= 11 is 0. The Morgan fingerprint density at radius 3 is 1.95 bits per heavy atom. The summed E-state index contributed by atoms with van der Waals surface area (Å²) in [5.74, 6) is 0.696. The van der Waals surface area contributed by atoms with Crippen LogP contribution in [0.3, 0.4) is 0 Å². The van der Waals surface area contributed by atoms with Crippen LogP contribution in [-0.2, 0) is 18.3 Å². The van der Waals surface area contributed by atoms with Gasteiger partial charge in [0.2, 0.25) is 0 Å². The Balaban J connectivity index is 2.53. The van der Waals surface area contributed by atoms with Gasteiger partial charge in [0.25, 0.3) is 0 Å². The summed E-state index contributed by atoms with van der Waals surface area (Å²) in [4.78, 5) is 2.10.